The van der Waals surface area contributed by atoms with Gasteiger partial charge in [0.1, 0.15) is 4.83 Å². The van der Waals surface area contributed by atoms with Crippen LogP contribution in [0.25, 0.3) is 0 Å². The minimum atomic E-state index is -0.579. The molecule has 0 spiro atoms. The van der Waals surface area contributed by atoms with Gasteiger partial charge in [-0.2, -0.15) is 5.26 Å². The number of nitrogens with zero attached hydrogens (tertiary/aromatic N) is 1. The van der Waals surface area contributed by atoms with Gasteiger partial charge in [-0.3, -0.25) is 0 Å². The summed E-state index contributed by atoms with van der Waals surface area (Å²) < 4.78 is 0. The minimum Gasteiger partial charge on any atom is -0.391 e. The van der Waals surface area contributed by atoms with E-state index < -0.39 is 10.9 Å². The molecule has 0 unspecified atom stereocenters. The van der Waals surface area contributed by atoms with Crippen molar-refractivity contribution in [3.8, 4) is 6.07 Å². The topological polar surface area (TPSA) is 44.0 Å². The summed E-state index contributed by atoms with van der Waals surface area (Å²) in [6.07, 6.45) is -0.579. The molecule has 0 aliphatic rings. The number of rotatable bonds is 1. The third-order valence-corrected chi connectivity index (χ3v) is 1.52. The van der Waals surface area contributed by atoms with Crippen LogP contribution < -0.4 is 0 Å². The van der Waals surface area contributed by atoms with E-state index in [0.29, 0.717) is 0 Å². The number of aliphatic hydroxyl groups is 1. The lowest BCUT2D eigenvalue weighted by Crippen LogP contribution is -2.12. The summed E-state index contributed by atoms with van der Waals surface area (Å²) in [6, 6.07) is 1.83. The number of alkyl halides is 1. The van der Waals surface area contributed by atoms with E-state index in [-0.39, 0.29) is 0 Å². The van der Waals surface area contributed by atoms with Gasteiger partial charge in [-0.25, -0.2) is 0 Å². The fraction of sp³-hybridized carbons (Fsp3) is 0.750. The van der Waals surface area contributed by atoms with Crippen molar-refractivity contribution in [1.82, 2.24) is 0 Å². The van der Waals surface area contributed by atoms with Gasteiger partial charge < -0.3 is 5.11 Å². The maximum Gasteiger partial charge on any atom is 0.127 e. The third-order valence-electron chi connectivity index (χ3n) is 0.547. The van der Waals surface area contributed by atoms with E-state index >= 15 is 0 Å². The highest BCUT2D eigenvalue weighted by Gasteiger charge is 2.06. The Hall–Kier alpha value is -0.0700. The van der Waals surface area contributed by atoms with Crippen LogP contribution in [0.1, 0.15) is 6.92 Å². The Labute approximate surface area is 50.9 Å². The van der Waals surface area contributed by atoms with Crippen LogP contribution in [0.4, 0.5) is 0 Å². The van der Waals surface area contributed by atoms with Gasteiger partial charge in [0.2, 0.25) is 0 Å². The quantitative estimate of drug-likeness (QED) is 0.578. The molecular formula is C4H6BrNO. The lowest BCUT2D eigenvalue weighted by Gasteiger charge is -1.99. The Morgan fingerprint density at radius 1 is 1.86 bits per heavy atom. The molecule has 0 fully saturated rings. The molecular weight excluding hydrogens is 158 g/mol. The van der Waals surface area contributed by atoms with Crippen molar-refractivity contribution in [2.45, 2.75) is 17.9 Å². The normalized spacial score (nSPS) is 17.4. The molecule has 0 aliphatic heterocycles. The first kappa shape index (κ1) is 6.93. The highest BCUT2D eigenvalue weighted by molar-refractivity contribution is 9.09. The van der Waals surface area contributed by atoms with Crippen LogP contribution in [0.15, 0.2) is 0 Å². The highest BCUT2D eigenvalue weighted by Crippen LogP contribution is 2.01. The van der Waals surface area contributed by atoms with Crippen LogP contribution in [-0.4, -0.2) is 16.0 Å². The van der Waals surface area contributed by atoms with Crippen LogP contribution in [0, 0.1) is 11.3 Å². The van der Waals surface area contributed by atoms with Crippen molar-refractivity contribution < 1.29 is 5.11 Å². The molecule has 0 rings (SSSR count). The summed E-state index contributed by atoms with van der Waals surface area (Å²) >= 11 is 2.93. The van der Waals surface area contributed by atoms with E-state index in [1.165, 1.54) is 0 Å². The van der Waals surface area contributed by atoms with Gasteiger partial charge in [0.05, 0.1) is 12.2 Å². The van der Waals surface area contributed by atoms with Crippen LogP contribution in [0.5, 0.6) is 0 Å². The summed E-state index contributed by atoms with van der Waals surface area (Å²) in [5.74, 6) is 0. The van der Waals surface area contributed by atoms with Crippen molar-refractivity contribution >= 4 is 15.9 Å². The number of hydrogen-bond donors (Lipinski definition) is 1. The lowest BCUT2D eigenvalue weighted by atomic mass is 10.3. The predicted octanol–water partition coefficient (Wildman–Crippen LogP) is 0.654. The van der Waals surface area contributed by atoms with Crippen molar-refractivity contribution in [1.29, 1.82) is 5.26 Å². The Bertz CT molecular complexity index is 86.2. The number of nitriles is 1. The molecule has 0 saturated carbocycles. The fourth-order valence-corrected chi connectivity index (χ4v) is 0.108. The molecule has 0 radical (unpaired) electrons. The Morgan fingerprint density at radius 2 is 2.29 bits per heavy atom. The molecule has 2 atom stereocenters. The third kappa shape index (κ3) is 2.60. The molecule has 0 aromatic rings. The van der Waals surface area contributed by atoms with E-state index in [1.807, 2.05) is 6.07 Å². The summed E-state index contributed by atoms with van der Waals surface area (Å²) in [5, 5.41) is 16.6. The fourth-order valence-electron chi connectivity index (χ4n) is 0.108. The summed E-state index contributed by atoms with van der Waals surface area (Å²) in [5.41, 5.74) is 0. The van der Waals surface area contributed by atoms with Crippen LogP contribution in [0.2, 0.25) is 0 Å². The lowest BCUT2D eigenvalue weighted by molar-refractivity contribution is 0.207. The van der Waals surface area contributed by atoms with E-state index in [2.05, 4.69) is 15.9 Å². The zero-order chi connectivity index (χ0) is 5.86. The molecule has 0 aromatic heterocycles. The second kappa shape index (κ2) is 3.00. The molecule has 2 nitrogen and oxygen atoms in total. The molecule has 7 heavy (non-hydrogen) atoms. The van der Waals surface area contributed by atoms with Crippen molar-refractivity contribution in [2.24, 2.45) is 0 Å². The first-order valence-corrected chi connectivity index (χ1v) is 2.82. The second-order valence-corrected chi connectivity index (χ2v) is 2.26. The van der Waals surface area contributed by atoms with Crippen molar-refractivity contribution in [2.75, 3.05) is 0 Å². The molecule has 0 amide bonds. The Morgan fingerprint density at radius 3 is 2.29 bits per heavy atom. The standard InChI is InChI=1S/C4H6BrNO/c1-3(7)4(5)2-6/h3-4,7H,1H3/t3-,4-/m1/s1. The van der Waals surface area contributed by atoms with Crippen LogP contribution in [0.3, 0.4) is 0 Å². The highest BCUT2D eigenvalue weighted by atomic mass is 79.9. The Kier molecular flexibility index (Phi) is 2.97. The molecule has 0 heterocycles. The number of aliphatic hydroxyl groups excluding tert-OH is 1. The van der Waals surface area contributed by atoms with Crippen LogP contribution in [-0.2, 0) is 0 Å². The average molecular weight is 164 g/mol. The zero-order valence-electron chi connectivity index (χ0n) is 3.93. The SMILES string of the molecule is C[C@@H](O)[C@H](Br)C#N. The smallest absolute Gasteiger partial charge is 0.127 e. The van der Waals surface area contributed by atoms with Gasteiger partial charge in [-0.05, 0) is 6.92 Å². The minimum absolute atomic E-state index is 0.424. The Balaban J connectivity index is 3.40. The number of hydrogen-bond acceptors (Lipinski definition) is 2. The van der Waals surface area contributed by atoms with Gasteiger partial charge in [-0.1, -0.05) is 15.9 Å². The monoisotopic (exact) mass is 163 g/mol. The molecule has 0 bridgehead atoms. The summed E-state index contributed by atoms with van der Waals surface area (Å²) in [4.78, 5) is -0.424. The zero-order valence-corrected chi connectivity index (χ0v) is 5.51. The molecule has 0 saturated heterocycles. The first-order chi connectivity index (χ1) is 3.18. The molecule has 40 valence electrons. The van der Waals surface area contributed by atoms with Gasteiger partial charge >= 0.3 is 0 Å². The van der Waals surface area contributed by atoms with Gasteiger partial charge in [0.25, 0.3) is 0 Å². The van der Waals surface area contributed by atoms with Gasteiger partial charge in [0, 0.05) is 0 Å². The van der Waals surface area contributed by atoms with E-state index in [4.69, 9.17) is 10.4 Å². The molecule has 1 N–H and O–H groups in total. The first-order valence-electron chi connectivity index (χ1n) is 1.90. The summed E-state index contributed by atoms with van der Waals surface area (Å²) in [6.45, 7) is 1.56. The van der Waals surface area contributed by atoms with Gasteiger partial charge in [0.15, 0.2) is 0 Å². The average Bonchev–Trinajstić information content (AvgIpc) is 1.65. The van der Waals surface area contributed by atoms with Crippen molar-refractivity contribution in [3.05, 3.63) is 0 Å². The molecule has 3 heteroatoms. The maximum absolute atomic E-state index is 8.55. The largest absolute Gasteiger partial charge is 0.391 e. The second-order valence-electron chi connectivity index (χ2n) is 1.27. The molecule has 0 aliphatic carbocycles. The summed E-state index contributed by atoms with van der Waals surface area (Å²) in [7, 11) is 0. The van der Waals surface area contributed by atoms with E-state index in [9.17, 15) is 0 Å². The van der Waals surface area contributed by atoms with Gasteiger partial charge in [-0.15, -0.1) is 0 Å². The van der Waals surface area contributed by atoms with Crippen molar-refractivity contribution in [3.63, 3.8) is 0 Å². The number of halogens is 1. The molecule has 0 aromatic carbocycles. The van der Waals surface area contributed by atoms with E-state index in [0.717, 1.165) is 0 Å². The van der Waals surface area contributed by atoms with E-state index in [1.54, 1.807) is 6.92 Å². The predicted molar refractivity (Wildman–Crippen MR) is 30.0 cm³/mol. The van der Waals surface area contributed by atoms with Crippen LogP contribution >= 0.6 is 15.9 Å². The maximum atomic E-state index is 8.55.